The van der Waals surface area contributed by atoms with Crippen molar-refractivity contribution in [3.05, 3.63) is 65.1 Å². The Labute approximate surface area is 166 Å². The van der Waals surface area contributed by atoms with E-state index in [1.54, 1.807) is 7.11 Å². The number of ether oxygens (including phenoxy) is 1. The quantitative estimate of drug-likeness (QED) is 0.489. The standard InChI is InChI=1S/C22H29N5O/c1-5-23-22(25-14-18-9-8-16(2)13-20(18)28-4)24-11-10-19-15-27-12-6-7-17(3)21(27)26-19/h6-9,12-13,15H,5,10-11,14H2,1-4H3,(H2,23,24,25). The third kappa shape index (κ3) is 4.82. The van der Waals surface area contributed by atoms with E-state index in [2.05, 4.69) is 60.2 Å². The van der Waals surface area contributed by atoms with Crippen LogP contribution in [0.2, 0.25) is 0 Å². The average Bonchev–Trinajstić information content (AvgIpc) is 3.11. The monoisotopic (exact) mass is 379 g/mol. The van der Waals surface area contributed by atoms with Gasteiger partial charge in [-0.3, -0.25) is 0 Å². The number of rotatable bonds is 7. The van der Waals surface area contributed by atoms with E-state index in [-0.39, 0.29) is 0 Å². The number of hydrogen-bond donors (Lipinski definition) is 2. The predicted molar refractivity (Wildman–Crippen MR) is 114 cm³/mol. The van der Waals surface area contributed by atoms with Crippen molar-refractivity contribution in [2.75, 3.05) is 20.2 Å². The summed E-state index contributed by atoms with van der Waals surface area (Å²) in [6.45, 7) is 8.34. The fourth-order valence-corrected chi connectivity index (χ4v) is 3.12. The molecule has 1 aromatic carbocycles. The molecular formula is C22H29N5O. The van der Waals surface area contributed by atoms with Crippen LogP contribution in [0.15, 0.2) is 47.7 Å². The lowest BCUT2D eigenvalue weighted by Crippen LogP contribution is -2.38. The van der Waals surface area contributed by atoms with Crippen LogP contribution in [0.25, 0.3) is 5.65 Å². The van der Waals surface area contributed by atoms with Crippen molar-refractivity contribution in [1.82, 2.24) is 20.0 Å². The summed E-state index contributed by atoms with van der Waals surface area (Å²) in [5.74, 6) is 1.67. The number of nitrogens with one attached hydrogen (secondary N) is 2. The molecule has 0 radical (unpaired) electrons. The lowest BCUT2D eigenvalue weighted by Gasteiger charge is -2.12. The second-order valence-corrected chi connectivity index (χ2v) is 6.84. The van der Waals surface area contributed by atoms with Gasteiger partial charge in [-0.2, -0.15) is 0 Å². The molecule has 2 heterocycles. The number of aryl methyl sites for hydroxylation is 2. The first-order valence-electron chi connectivity index (χ1n) is 9.69. The third-order valence-corrected chi connectivity index (χ3v) is 4.60. The molecule has 3 rings (SSSR count). The second kappa shape index (κ2) is 9.26. The Kier molecular flexibility index (Phi) is 6.53. The highest BCUT2D eigenvalue weighted by Crippen LogP contribution is 2.20. The third-order valence-electron chi connectivity index (χ3n) is 4.60. The van der Waals surface area contributed by atoms with Gasteiger partial charge in [0.25, 0.3) is 0 Å². The number of methoxy groups -OCH3 is 1. The van der Waals surface area contributed by atoms with Crippen LogP contribution in [0.1, 0.15) is 29.3 Å². The highest BCUT2D eigenvalue weighted by Gasteiger charge is 2.06. The number of imidazole rings is 1. The highest BCUT2D eigenvalue weighted by molar-refractivity contribution is 5.79. The van der Waals surface area contributed by atoms with E-state index in [4.69, 9.17) is 14.7 Å². The first kappa shape index (κ1) is 19.7. The average molecular weight is 380 g/mol. The molecule has 0 atom stereocenters. The number of benzene rings is 1. The van der Waals surface area contributed by atoms with Gasteiger partial charge in [-0.25, -0.2) is 9.98 Å². The zero-order valence-electron chi connectivity index (χ0n) is 17.1. The fraction of sp³-hybridized carbons (Fsp3) is 0.364. The summed E-state index contributed by atoms with van der Waals surface area (Å²) in [7, 11) is 1.70. The van der Waals surface area contributed by atoms with Gasteiger partial charge in [0, 0.05) is 37.5 Å². The Morgan fingerprint density at radius 2 is 2.07 bits per heavy atom. The van der Waals surface area contributed by atoms with Crippen LogP contribution in [-0.2, 0) is 13.0 Å². The number of pyridine rings is 1. The van der Waals surface area contributed by atoms with E-state index >= 15 is 0 Å². The van der Waals surface area contributed by atoms with Gasteiger partial charge in [0.05, 0.1) is 19.3 Å². The predicted octanol–water partition coefficient (Wildman–Crippen LogP) is 3.26. The summed E-state index contributed by atoms with van der Waals surface area (Å²) in [6.07, 6.45) is 4.96. The number of aliphatic imine (C=N–C) groups is 1. The summed E-state index contributed by atoms with van der Waals surface area (Å²) in [6, 6.07) is 10.3. The molecule has 0 aliphatic rings. The van der Waals surface area contributed by atoms with Gasteiger partial charge in [-0.05, 0) is 44.0 Å². The smallest absolute Gasteiger partial charge is 0.191 e. The van der Waals surface area contributed by atoms with E-state index in [1.165, 1.54) is 11.1 Å². The van der Waals surface area contributed by atoms with E-state index in [1.807, 2.05) is 18.3 Å². The lowest BCUT2D eigenvalue weighted by molar-refractivity contribution is 0.409. The molecule has 28 heavy (non-hydrogen) atoms. The van der Waals surface area contributed by atoms with Crippen LogP contribution < -0.4 is 15.4 Å². The highest BCUT2D eigenvalue weighted by atomic mass is 16.5. The SMILES string of the molecule is CCNC(=NCc1ccc(C)cc1OC)NCCc1cn2cccc(C)c2n1. The number of nitrogens with zero attached hydrogens (tertiary/aromatic N) is 3. The number of aromatic nitrogens is 2. The number of guanidine groups is 1. The molecule has 0 saturated carbocycles. The number of hydrogen-bond acceptors (Lipinski definition) is 3. The van der Waals surface area contributed by atoms with Crippen LogP contribution >= 0.6 is 0 Å². The van der Waals surface area contributed by atoms with Crippen molar-refractivity contribution in [3.8, 4) is 5.75 Å². The summed E-state index contributed by atoms with van der Waals surface area (Å²) in [5.41, 5.74) is 5.52. The molecule has 0 amide bonds. The maximum absolute atomic E-state index is 5.48. The summed E-state index contributed by atoms with van der Waals surface area (Å²) < 4.78 is 7.55. The number of fused-ring (bicyclic) bond motifs is 1. The van der Waals surface area contributed by atoms with E-state index in [0.29, 0.717) is 6.54 Å². The first-order valence-corrected chi connectivity index (χ1v) is 9.69. The Morgan fingerprint density at radius 3 is 2.82 bits per heavy atom. The summed E-state index contributed by atoms with van der Waals surface area (Å²) in [5, 5.41) is 6.69. The fourth-order valence-electron chi connectivity index (χ4n) is 3.12. The van der Waals surface area contributed by atoms with Crippen LogP contribution in [0.5, 0.6) is 5.75 Å². The Bertz CT molecular complexity index is 961. The molecule has 3 aromatic rings. The maximum atomic E-state index is 5.48. The molecule has 0 saturated heterocycles. The first-order chi connectivity index (χ1) is 13.6. The Morgan fingerprint density at radius 1 is 1.21 bits per heavy atom. The van der Waals surface area contributed by atoms with Crippen molar-refractivity contribution in [2.45, 2.75) is 33.7 Å². The molecule has 2 aromatic heterocycles. The van der Waals surface area contributed by atoms with Gasteiger partial charge in [0.15, 0.2) is 5.96 Å². The lowest BCUT2D eigenvalue weighted by atomic mass is 10.1. The normalized spacial score (nSPS) is 11.6. The molecular weight excluding hydrogens is 350 g/mol. The van der Waals surface area contributed by atoms with Gasteiger partial charge in [0.1, 0.15) is 11.4 Å². The molecule has 148 valence electrons. The minimum Gasteiger partial charge on any atom is -0.496 e. The molecule has 0 aliphatic carbocycles. The molecule has 0 bridgehead atoms. The van der Waals surface area contributed by atoms with E-state index in [9.17, 15) is 0 Å². The maximum Gasteiger partial charge on any atom is 0.191 e. The van der Waals surface area contributed by atoms with Crippen molar-refractivity contribution >= 4 is 11.6 Å². The Balaban J connectivity index is 1.62. The molecule has 0 spiro atoms. The Hall–Kier alpha value is -3.02. The molecule has 6 nitrogen and oxygen atoms in total. The van der Waals surface area contributed by atoms with Crippen LogP contribution in [0, 0.1) is 13.8 Å². The zero-order chi connectivity index (χ0) is 19.9. The van der Waals surface area contributed by atoms with Gasteiger partial charge in [-0.1, -0.05) is 18.2 Å². The van der Waals surface area contributed by atoms with Crippen molar-refractivity contribution in [3.63, 3.8) is 0 Å². The van der Waals surface area contributed by atoms with Gasteiger partial charge >= 0.3 is 0 Å². The van der Waals surface area contributed by atoms with Crippen LogP contribution in [0.4, 0.5) is 0 Å². The molecule has 0 fully saturated rings. The van der Waals surface area contributed by atoms with Crippen molar-refractivity contribution < 1.29 is 4.74 Å². The summed E-state index contributed by atoms with van der Waals surface area (Å²) >= 11 is 0. The van der Waals surface area contributed by atoms with Crippen LogP contribution in [0.3, 0.4) is 0 Å². The van der Waals surface area contributed by atoms with Crippen molar-refractivity contribution in [2.24, 2.45) is 4.99 Å². The van der Waals surface area contributed by atoms with E-state index < -0.39 is 0 Å². The van der Waals surface area contributed by atoms with Crippen LogP contribution in [-0.4, -0.2) is 35.5 Å². The molecule has 0 aliphatic heterocycles. The van der Waals surface area contributed by atoms with Gasteiger partial charge < -0.3 is 19.8 Å². The molecule has 2 N–H and O–H groups in total. The van der Waals surface area contributed by atoms with Gasteiger partial charge in [0.2, 0.25) is 0 Å². The minimum absolute atomic E-state index is 0.562. The zero-order valence-corrected chi connectivity index (χ0v) is 17.1. The van der Waals surface area contributed by atoms with Gasteiger partial charge in [-0.15, -0.1) is 0 Å². The topological polar surface area (TPSA) is 63.0 Å². The summed E-state index contributed by atoms with van der Waals surface area (Å²) in [4.78, 5) is 9.42. The molecule has 0 unspecified atom stereocenters. The minimum atomic E-state index is 0.562. The van der Waals surface area contributed by atoms with Crippen molar-refractivity contribution in [1.29, 1.82) is 0 Å². The largest absolute Gasteiger partial charge is 0.496 e. The second-order valence-electron chi connectivity index (χ2n) is 6.84. The van der Waals surface area contributed by atoms with E-state index in [0.717, 1.165) is 48.1 Å². The molecule has 6 heteroatoms.